The van der Waals surface area contributed by atoms with Crippen molar-refractivity contribution in [2.75, 3.05) is 13.2 Å². The van der Waals surface area contributed by atoms with Crippen molar-refractivity contribution >= 4 is 17.8 Å². The van der Waals surface area contributed by atoms with E-state index in [1.165, 1.54) is 0 Å². The summed E-state index contributed by atoms with van der Waals surface area (Å²) in [4.78, 5) is 35.4. The second kappa shape index (κ2) is 10.6. The van der Waals surface area contributed by atoms with Gasteiger partial charge in [0.2, 0.25) is 5.91 Å². The van der Waals surface area contributed by atoms with Crippen LogP contribution in [0.2, 0.25) is 0 Å². The van der Waals surface area contributed by atoms with Crippen molar-refractivity contribution in [3.05, 3.63) is 35.9 Å². The fourth-order valence-corrected chi connectivity index (χ4v) is 2.73. The Hall–Kier alpha value is -2.45. The number of carboxylic acid groups (broad SMARTS) is 1. The van der Waals surface area contributed by atoms with E-state index in [0.717, 1.165) is 18.4 Å². The van der Waals surface area contributed by atoms with Crippen LogP contribution in [0, 0.1) is 0 Å². The lowest BCUT2D eigenvalue weighted by molar-refractivity contribution is -0.138. The van der Waals surface area contributed by atoms with Gasteiger partial charge in [-0.05, 0) is 37.7 Å². The Morgan fingerprint density at radius 1 is 1.07 bits per heavy atom. The zero-order valence-corrected chi connectivity index (χ0v) is 15.1. The Balaban J connectivity index is 1.88. The first-order valence-electron chi connectivity index (χ1n) is 9.14. The van der Waals surface area contributed by atoms with Crippen molar-refractivity contribution in [3.8, 4) is 0 Å². The van der Waals surface area contributed by atoms with Crippen molar-refractivity contribution in [1.82, 2.24) is 10.6 Å². The number of hydrogen-bond donors (Lipinski definition) is 4. The van der Waals surface area contributed by atoms with Crippen LogP contribution in [0.1, 0.15) is 31.2 Å². The minimum Gasteiger partial charge on any atom is -0.479 e. The smallest absolute Gasteiger partial charge is 0.336 e. The fraction of sp³-hybridized carbons (Fsp3) is 0.526. The van der Waals surface area contributed by atoms with E-state index in [-0.39, 0.29) is 12.5 Å². The van der Waals surface area contributed by atoms with Gasteiger partial charge in [0.15, 0.2) is 12.2 Å². The van der Waals surface area contributed by atoms with E-state index in [9.17, 15) is 14.4 Å². The molecule has 0 unspecified atom stereocenters. The molecule has 148 valence electrons. The van der Waals surface area contributed by atoms with Gasteiger partial charge in [-0.15, -0.1) is 0 Å². The monoisotopic (exact) mass is 378 g/mol. The summed E-state index contributed by atoms with van der Waals surface area (Å²) in [7, 11) is 0. The van der Waals surface area contributed by atoms with Crippen molar-refractivity contribution in [2.24, 2.45) is 0 Å². The van der Waals surface area contributed by atoms with Gasteiger partial charge in [0.1, 0.15) is 6.04 Å². The maximum absolute atomic E-state index is 12.5. The number of aryl methyl sites for hydroxylation is 1. The molecule has 1 heterocycles. The van der Waals surface area contributed by atoms with Crippen LogP contribution in [0.25, 0.3) is 0 Å². The Bertz CT molecular complexity index is 636. The fourth-order valence-electron chi connectivity index (χ4n) is 2.73. The van der Waals surface area contributed by atoms with Crippen LogP contribution in [0.15, 0.2) is 30.3 Å². The molecule has 2 rings (SSSR count). The van der Waals surface area contributed by atoms with E-state index >= 15 is 0 Å². The number of benzene rings is 1. The van der Waals surface area contributed by atoms with E-state index < -0.39 is 30.1 Å². The van der Waals surface area contributed by atoms with Crippen LogP contribution in [0.3, 0.4) is 0 Å². The molecule has 1 aliphatic heterocycles. The number of amides is 2. The summed E-state index contributed by atoms with van der Waals surface area (Å²) in [6, 6.07) is 8.82. The number of ether oxygens (including phenoxy) is 1. The first-order valence-corrected chi connectivity index (χ1v) is 9.14. The largest absolute Gasteiger partial charge is 0.479 e. The van der Waals surface area contributed by atoms with Gasteiger partial charge in [0, 0.05) is 13.2 Å². The number of epoxide rings is 1. The second-order valence-corrected chi connectivity index (χ2v) is 6.48. The molecule has 8 heteroatoms. The first kappa shape index (κ1) is 20.9. The number of carbonyl (C=O) groups is 3. The van der Waals surface area contributed by atoms with Crippen LogP contribution < -0.4 is 10.6 Å². The third-order valence-corrected chi connectivity index (χ3v) is 4.33. The lowest BCUT2D eigenvalue weighted by Crippen LogP contribution is -2.48. The summed E-state index contributed by atoms with van der Waals surface area (Å²) in [5.74, 6) is -2.09. The van der Waals surface area contributed by atoms with E-state index in [1.54, 1.807) is 0 Å². The van der Waals surface area contributed by atoms with Gasteiger partial charge < -0.3 is 25.6 Å². The number of aliphatic hydroxyl groups excluding tert-OH is 1. The number of rotatable bonds is 12. The molecular formula is C19H26N2O6. The second-order valence-electron chi connectivity index (χ2n) is 6.48. The van der Waals surface area contributed by atoms with Gasteiger partial charge >= 0.3 is 5.97 Å². The molecule has 27 heavy (non-hydrogen) atoms. The van der Waals surface area contributed by atoms with Crippen LogP contribution >= 0.6 is 0 Å². The van der Waals surface area contributed by atoms with Gasteiger partial charge in [-0.2, -0.15) is 0 Å². The number of carboxylic acids is 1. The van der Waals surface area contributed by atoms with Crippen LogP contribution in [-0.2, 0) is 25.5 Å². The SMILES string of the molecule is O=C(NCCCCCO)[C@H](CCc1ccccc1)NC(=O)[C@H]1O[C@@H]1C(=O)O. The zero-order chi connectivity index (χ0) is 19.6. The summed E-state index contributed by atoms with van der Waals surface area (Å²) in [6.07, 6.45) is 1.02. The summed E-state index contributed by atoms with van der Waals surface area (Å²) in [5, 5.41) is 23.0. The third kappa shape index (κ3) is 6.99. The maximum atomic E-state index is 12.5. The van der Waals surface area contributed by atoms with E-state index in [2.05, 4.69) is 10.6 Å². The molecule has 3 atom stereocenters. The van der Waals surface area contributed by atoms with Crippen molar-refractivity contribution in [1.29, 1.82) is 0 Å². The van der Waals surface area contributed by atoms with Crippen molar-refractivity contribution < 1.29 is 29.3 Å². The van der Waals surface area contributed by atoms with Gasteiger partial charge in [-0.25, -0.2) is 4.79 Å². The molecular weight excluding hydrogens is 352 g/mol. The predicted octanol–water partition coefficient (Wildman–Crippen LogP) is 0.235. The molecule has 0 saturated carbocycles. The topological polar surface area (TPSA) is 128 Å². The van der Waals surface area contributed by atoms with Gasteiger partial charge in [-0.3, -0.25) is 9.59 Å². The quantitative estimate of drug-likeness (QED) is 0.305. The lowest BCUT2D eigenvalue weighted by atomic mass is 10.0. The molecule has 0 spiro atoms. The highest BCUT2D eigenvalue weighted by Gasteiger charge is 2.51. The normalized spacial score (nSPS) is 19.1. The molecule has 1 aromatic carbocycles. The van der Waals surface area contributed by atoms with E-state index in [4.69, 9.17) is 14.9 Å². The standard InChI is InChI=1S/C19H26N2O6/c22-12-6-2-5-11-20-17(23)14(10-9-13-7-3-1-4-8-13)21-18(24)15-16(27-15)19(25)26/h1,3-4,7-8,14-16,22H,2,5-6,9-12H2,(H,20,23)(H,21,24)(H,25,26)/t14-,15-,16-/m0/s1. The molecule has 0 aromatic heterocycles. The average molecular weight is 378 g/mol. The lowest BCUT2D eigenvalue weighted by Gasteiger charge is -2.18. The van der Waals surface area contributed by atoms with Gasteiger partial charge in [-0.1, -0.05) is 30.3 Å². The molecule has 0 radical (unpaired) electrons. The highest BCUT2D eigenvalue weighted by molar-refractivity contribution is 5.95. The Morgan fingerprint density at radius 2 is 1.81 bits per heavy atom. The highest BCUT2D eigenvalue weighted by Crippen LogP contribution is 2.22. The molecule has 1 fully saturated rings. The minimum absolute atomic E-state index is 0.121. The van der Waals surface area contributed by atoms with Crippen LogP contribution in [-0.4, -0.2) is 59.4 Å². The molecule has 1 aromatic rings. The summed E-state index contributed by atoms with van der Waals surface area (Å²) in [6.45, 7) is 0.573. The number of aliphatic hydroxyl groups is 1. The molecule has 4 N–H and O–H groups in total. The number of carbonyl (C=O) groups excluding carboxylic acids is 2. The Morgan fingerprint density at radius 3 is 2.44 bits per heavy atom. The number of hydrogen-bond acceptors (Lipinski definition) is 5. The first-order chi connectivity index (χ1) is 13.0. The van der Waals surface area contributed by atoms with Gasteiger partial charge in [0.25, 0.3) is 5.91 Å². The van der Waals surface area contributed by atoms with Crippen molar-refractivity contribution in [2.45, 2.75) is 50.4 Å². The number of aliphatic carboxylic acids is 1. The summed E-state index contributed by atoms with van der Waals surface area (Å²) >= 11 is 0. The summed E-state index contributed by atoms with van der Waals surface area (Å²) < 4.78 is 4.84. The highest BCUT2D eigenvalue weighted by atomic mass is 16.6. The molecule has 1 aliphatic rings. The molecule has 0 bridgehead atoms. The molecule has 1 saturated heterocycles. The third-order valence-electron chi connectivity index (χ3n) is 4.33. The minimum atomic E-state index is -1.19. The molecule has 2 amide bonds. The summed E-state index contributed by atoms with van der Waals surface area (Å²) in [5.41, 5.74) is 1.04. The average Bonchev–Trinajstić information content (AvgIpc) is 3.46. The zero-order valence-electron chi connectivity index (χ0n) is 15.1. The molecule has 0 aliphatic carbocycles. The Kier molecular flexibility index (Phi) is 8.22. The molecule has 8 nitrogen and oxygen atoms in total. The number of nitrogens with one attached hydrogen (secondary N) is 2. The number of unbranched alkanes of at least 4 members (excludes halogenated alkanes) is 2. The van der Waals surface area contributed by atoms with Crippen LogP contribution in [0.5, 0.6) is 0 Å². The van der Waals surface area contributed by atoms with Crippen LogP contribution in [0.4, 0.5) is 0 Å². The van der Waals surface area contributed by atoms with E-state index in [1.807, 2.05) is 30.3 Å². The Labute approximate surface area is 157 Å². The predicted molar refractivity (Wildman–Crippen MR) is 96.9 cm³/mol. The van der Waals surface area contributed by atoms with Gasteiger partial charge in [0.05, 0.1) is 0 Å². The van der Waals surface area contributed by atoms with E-state index in [0.29, 0.717) is 25.8 Å². The van der Waals surface area contributed by atoms with Crippen molar-refractivity contribution in [3.63, 3.8) is 0 Å². The maximum Gasteiger partial charge on any atom is 0.336 e.